The van der Waals surface area contributed by atoms with Gasteiger partial charge in [0.05, 0.1) is 6.04 Å². The van der Waals surface area contributed by atoms with Crippen molar-refractivity contribution in [1.29, 1.82) is 0 Å². The molecule has 0 N–H and O–H groups in total. The van der Waals surface area contributed by atoms with Gasteiger partial charge in [-0.15, -0.1) is 0 Å². The fraction of sp³-hybridized carbons (Fsp3) is 0.467. The molecule has 1 aromatic rings. The maximum atomic E-state index is 11.4. The summed E-state index contributed by atoms with van der Waals surface area (Å²) in [6, 6.07) is 10.1. The van der Waals surface area contributed by atoms with E-state index in [4.69, 9.17) is 7.85 Å². The van der Waals surface area contributed by atoms with Crippen molar-refractivity contribution in [2.45, 2.75) is 25.9 Å². The van der Waals surface area contributed by atoms with Gasteiger partial charge in [0.25, 0.3) is 0 Å². The largest absolute Gasteiger partial charge is 0.347 e. The maximum Gasteiger partial charge on any atom is 0.200 e. The maximum absolute atomic E-state index is 11.4. The number of nitrogens with zero attached hydrogens (tertiary/aromatic N) is 2. The molecule has 0 unspecified atom stereocenters. The molecular weight excluding hydrogens is 251 g/mol. The van der Waals surface area contributed by atoms with Crippen LogP contribution in [0.15, 0.2) is 30.3 Å². The average Bonchev–Trinajstić information content (AvgIpc) is 2.39. The Bertz CT molecular complexity index is 478. The highest BCUT2D eigenvalue weighted by molar-refractivity contribution is 6.57. The molecule has 1 aliphatic rings. The standard InChI is InChI=1S/C15H19BN2O2/c1-12(19)9-14-11-17(7-8-18(14)15(16)20)10-13-5-3-2-4-6-13/h2-6,14H,7-11H2,1H3/t14-/m0/s1. The third-order valence-electron chi connectivity index (χ3n) is 3.62. The number of rotatable bonds is 4. The summed E-state index contributed by atoms with van der Waals surface area (Å²) in [5, 5.41) is 0. The molecule has 0 bridgehead atoms. The highest BCUT2D eigenvalue weighted by atomic mass is 16.2. The van der Waals surface area contributed by atoms with E-state index in [1.165, 1.54) is 5.56 Å². The Labute approximate surface area is 121 Å². The Morgan fingerprint density at radius 1 is 1.25 bits per heavy atom. The van der Waals surface area contributed by atoms with Crippen LogP contribution in [0.3, 0.4) is 0 Å². The second-order valence-corrected chi connectivity index (χ2v) is 5.31. The predicted molar refractivity (Wildman–Crippen MR) is 78.7 cm³/mol. The molecule has 2 radical (unpaired) electrons. The lowest BCUT2D eigenvalue weighted by Crippen LogP contribution is -2.55. The first-order valence-electron chi connectivity index (χ1n) is 6.88. The fourth-order valence-corrected chi connectivity index (χ4v) is 2.70. The molecule has 0 aliphatic carbocycles. The highest BCUT2D eigenvalue weighted by Crippen LogP contribution is 2.16. The van der Waals surface area contributed by atoms with Gasteiger partial charge in [-0.2, -0.15) is 0 Å². The van der Waals surface area contributed by atoms with E-state index in [-0.39, 0.29) is 11.8 Å². The first-order chi connectivity index (χ1) is 9.56. The van der Waals surface area contributed by atoms with E-state index < -0.39 is 5.81 Å². The molecule has 1 aromatic carbocycles. The molecular formula is C15H19BN2O2. The van der Waals surface area contributed by atoms with Gasteiger partial charge in [-0.05, 0) is 12.5 Å². The number of amides is 1. The fourth-order valence-electron chi connectivity index (χ4n) is 2.70. The Morgan fingerprint density at radius 3 is 2.55 bits per heavy atom. The van der Waals surface area contributed by atoms with Gasteiger partial charge in [0.1, 0.15) is 5.78 Å². The van der Waals surface area contributed by atoms with Crippen molar-refractivity contribution in [3.8, 4) is 0 Å². The molecule has 0 aromatic heterocycles. The number of benzene rings is 1. The predicted octanol–water partition coefficient (Wildman–Crippen LogP) is 1.44. The van der Waals surface area contributed by atoms with E-state index in [0.29, 0.717) is 19.5 Å². The molecule has 1 heterocycles. The van der Waals surface area contributed by atoms with E-state index in [1.807, 2.05) is 18.2 Å². The van der Waals surface area contributed by atoms with Crippen LogP contribution in [-0.2, 0) is 11.3 Å². The Balaban J connectivity index is 2.01. The summed E-state index contributed by atoms with van der Waals surface area (Å²) < 4.78 is 0. The lowest BCUT2D eigenvalue weighted by Gasteiger charge is -2.41. The smallest absolute Gasteiger partial charge is 0.200 e. The van der Waals surface area contributed by atoms with Gasteiger partial charge in [-0.25, -0.2) is 0 Å². The molecule has 4 nitrogen and oxygen atoms in total. The first kappa shape index (κ1) is 14.8. The third-order valence-corrected chi connectivity index (χ3v) is 3.62. The summed E-state index contributed by atoms with van der Waals surface area (Å²) >= 11 is 0. The Morgan fingerprint density at radius 2 is 1.95 bits per heavy atom. The van der Waals surface area contributed by atoms with E-state index in [2.05, 4.69) is 17.0 Å². The molecule has 104 valence electrons. The van der Waals surface area contributed by atoms with Crippen LogP contribution in [0.25, 0.3) is 0 Å². The van der Waals surface area contributed by atoms with Gasteiger partial charge in [-0.1, -0.05) is 30.3 Å². The number of hydrogen-bond acceptors (Lipinski definition) is 3. The zero-order valence-corrected chi connectivity index (χ0v) is 11.8. The van der Waals surface area contributed by atoms with Crippen molar-refractivity contribution in [2.75, 3.05) is 19.6 Å². The minimum Gasteiger partial charge on any atom is -0.347 e. The van der Waals surface area contributed by atoms with Gasteiger partial charge >= 0.3 is 0 Å². The molecule has 2 rings (SSSR count). The zero-order chi connectivity index (χ0) is 14.5. The summed E-state index contributed by atoms with van der Waals surface area (Å²) in [5.41, 5.74) is 1.24. The topological polar surface area (TPSA) is 40.6 Å². The average molecular weight is 270 g/mol. The van der Waals surface area contributed by atoms with Crippen molar-refractivity contribution >= 4 is 19.4 Å². The molecule has 5 heteroatoms. The van der Waals surface area contributed by atoms with Crippen LogP contribution < -0.4 is 0 Å². The van der Waals surface area contributed by atoms with Crippen LogP contribution in [-0.4, -0.2) is 54.9 Å². The van der Waals surface area contributed by atoms with Crippen molar-refractivity contribution in [1.82, 2.24) is 9.80 Å². The highest BCUT2D eigenvalue weighted by Gasteiger charge is 2.28. The minimum atomic E-state index is -0.435. The second-order valence-electron chi connectivity index (χ2n) is 5.31. The molecule has 1 atom stereocenters. The van der Waals surface area contributed by atoms with Crippen LogP contribution in [0.5, 0.6) is 0 Å². The van der Waals surface area contributed by atoms with Gasteiger partial charge in [0, 0.05) is 32.6 Å². The van der Waals surface area contributed by atoms with E-state index in [0.717, 1.165) is 13.1 Å². The number of carbonyl (C=O) groups excluding carboxylic acids is 2. The summed E-state index contributed by atoms with van der Waals surface area (Å²) in [6.07, 6.45) is 0.369. The first-order valence-corrected chi connectivity index (χ1v) is 6.88. The van der Waals surface area contributed by atoms with Crippen molar-refractivity contribution in [3.05, 3.63) is 35.9 Å². The summed E-state index contributed by atoms with van der Waals surface area (Å²) in [6.45, 7) is 4.45. The van der Waals surface area contributed by atoms with E-state index in [1.54, 1.807) is 11.8 Å². The quantitative estimate of drug-likeness (QED) is 0.777. The number of Topliss-reactive ketones (excluding diaryl/α,β-unsaturated/α-hetero) is 1. The number of ketones is 1. The molecule has 1 saturated heterocycles. The molecule has 1 amide bonds. The number of carbonyl (C=O) groups is 2. The zero-order valence-electron chi connectivity index (χ0n) is 11.8. The van der Waals surface area contributed by atoms with E-state index in [9.17, 15) is 9.59 Å². The number of piperazine rings is 1. The monoisotopic (exact) mass is 270 g/mol. The SMILES string of the molecule is [B]C(=O)N1CCN(Cc2ccccc2)C[C@@H]1CC(C)=O. The van der Waals surface area contributed by atoms with E-state index >= 15 is 0 Å². The molecule has 20 heavy (non-hydrogen) atoms. The molecule has 0 spiro atoms. The van der Waals surface area contributed by atoms with Crippen LogP contribution in [0, 0.1) is 0 Å². The van der Waals surface area contributed by atoms with Crippen LogP contribution in [0.4, 0.5) is 4.79 Å². The van der Waals surface area contributed by atoms with Crippen LogP contribution in [0.1, 0.15) is 18.9 Å². The summed E-state index contributed by atoms with van der Waals surface area (Å²) in [5.74, 6) is -0.349. The molecule has 1 aliphatic heterocycles. The van der Waals surface area contributed by atoms with Crippen molar-refractivity contribution in [3.63, 3.8) is 0 Å². The second kappa shape index (κ2) is 6.70. The molecule has 1 fully saturated rings. The van der Waals surface area contributed by atoms with Gasteiger partial charge in [0.2, 0.25) is 7.85 Å². The van der Waals surface area contributed by atoms with Gasteiger partial charge in [-0.3, -0.25) is 14.5 Å². The minimum absolute atomic E-state index is 0.0859. The normalized spacial score (nSPS) is 19.9. The summed E-state index contributed by atoms with van der Waals surface area (Å²) in [7, 11) is 5.39. The summed E-state index contributed by atoms with van der Waals surface area (Å²) in [4.78, 5) is 26.7. The Hall–Kier alpha value is -1.62. The third kappa shape index (κ3) is 3.94. The van der Waals surface area contributed by atoms with Gasteiger partial charge < -0.3 is 4.90 Å². The Kier molecular flexibility index (Phi) is 4.96. The van der Waals surface area contributed by atoms with Gasteiger partial charge in [0.15, 0.2) is 5.81 Å². The van der Waals surface area contributed by atoms with Crippen LogP contribution in [0.2, 0.25) is 0 Å². The molecule has 0 saturated carbocycles. The lowest BCUT2D eigenvalue weighted by atomic mass is 10.00. The van der Waals surface area contributed by atoms with Crippen LogP contribution >= 0.6 is 0 Å². The number of hydrogen-bond donors (Lipinski definition) is 0. The van der Waals surface area contributed by atoms with Crippen molar-refractivity contribution < 1.29 is 9.59 Å². The van der Waals surface area contributed by atoms with Crippen molar-refractivity contribution in [2.24, 2.45) is 0 Å². The lowest BCUT2D eigenvalue weighted by molar-refractivity contribution is -0.118.